The van der Waals surface area contributed by atoms with E-state index in [4.69, 9.17) is 5.26 Å². The molecule has 0 saturated carbocycles. The lowest BCUT2D eigenvalue weighted by Gasteiger charge is -2.15. The molecule has 1 aromatic carbocycles. The molecule has 0 fully saturated rings. The van der Waals surface area contributed by atoms with E-state index < -0.39 is 6.36 Å². The van der Waals surface area contributed by atoms with Crippen LogP contribution in [0.4, 0.5) is 18.9 Å². The molecule has 1 aromatic rings. The Hall–Kier alpha value is -1.90. The second kappa shape index (κ2) is 7.21. The molecule has 3 nitrogen and oxygen atoms in total. The number of hydrogen-bond donors (Lipinski definition) is 1. The lowest BCUT2D eigenvalue weighted by atomic mass is 9.89. The minimum atomic E-state index is -4.68. The molecule has 0 spiro atoms. The van der Waals surface area contributed by atoms with E-state index in [1.807, 2.05) is 13.8 Å². The Labute approximate surface area is 122 Å². The Kier molecular flexibility index (Phi) is 5.89. The standard InChI is InChI=1S/C15H19F3N2O/c1-14(2,11-19)8-3-4-9-20-12-6-5-7-13(10-12)21-15(16,17)18/h5-7,10,20H,3-4,8-9H2,1-2H3. The molecule has 0 bridgehead atoms. The Morgan fingerprint density at radius 2 is 1.95 bits per heavy atom. The highest BCUT2D eigenvalue weighted by Gasteiger charge is 2.31. The van der Waals surface area contributed by atoms with E-state index >= 15 is 0 Å². The van der Waals surface area contributed by atoms with Crippen LogP contribution in [0, 0.1) is 16.7 Å². The molecular weight excluding hydrogens is 281 g/mol. The number of rotatable bonds is 7. The van der Waals surface area contributed by atoms with Gasteiger partial charge in [0.05, 0.1) is 11.5 Å². The summed E-state index contributed by atoms with van der Waals surface area (Å²) >= 11 is 0. The molecule has 0 heterocycles. The molecule has 0 unspecified atom stereocenters. The average Bonchev–Trinajstić information content (AvgIpc) is 2.37. The molecular formula is C15H19F3N2O. The van der Waals surface area contributed by atoms with Crippen molar-refractivity contribution < 1.29 is 17.9 Å². The summed E-state index contributed by atoms with van der Waals surface area (Å²) in [6.07, 6.45) is -2.16. The molecule has 21 heavy (non-hydrogen) atoms. The highest BCUT2D eigenvalue weighted by atomic mass is 19.4. The average molecular weight is 300 g/mol. The summed E-state index contributed by atoms with van der Waals surface area (Å²) in [6, 6.07) is 7.99. The van der Waals surface area contributed by atoms with Crippen molar-refractivity contribution in [1.82, 2.24) is 0 Å². The highest BCUT2D eigenvalue weighted by Crippen LogP contribution is 2.25. The van der Waals surface area contributed by atoms with E-state index in [1.54, 1.807) is 6.07 Å². The maximum absolute atomic E-state index is 12.1. The molecule has 0 aliphatic rings. The lowest BCUT2D eigenvalue weighted by Crippen LogP contribution is -2.17. The monoisotopic (exact) mass is 300 g/mol. The van der Waals surface area contributed by atoms with E-state index in [1.165, 1.54) is 18.2 Å². The first-order chi connectivity index (χ1) is 9.72. The SMILES string of the molecule is CC(C)(C#N)CCCCNc1cccc(OC(F)(F)F)c1. The van der Waals surface area contributed by atoms with E-state index in [9.17, 15) is 13.2 Å². The molecule has 0 amide bonds. The summed E-state index contributed by atoms with van der Waals surface area (Å²) in [4.78, 5) is 0. The van der Waals surface area contributed by atoms with E-state index in [2.05, 4.69) is 16.1 Å². The van der Waals surface area contributed by atoms with Gasteiger partial charge in [0.15, 0.2) is 0 Å². The van der Waals surface area contributed by atoms with Gasteiger partial charge in [0.25, 0.3) is 0 Å². The minimum Gasteiger partial charge on any atom is -0.406 e. The first-order valence-corrected chi connectivity index (χ1v) is 6.73. The molecule has 6 heteroatoms. The second-order valence-electron chi connectivity index (χ2n) is 5.46. The number of benzene rings is 1. The normalized spacial score (nSPS) is 11.8. The topological polar surface area (TPSA) is 45.0 Å². The number of halogens is 3. The third kappa shape index (κ3) is 7.45. The van der Waals surface area contributed by atoms with Gasteiger partial charge in [0.2, 0.25) is 0 Å². The van der Waals surface area contributed by atoms with Crippen molar-refractivity contribution in [3.63, 3.8) is 0 Å². The predicted molar refractivity (Wildman–Crippen MR) is 74.9 cm³/mol. The Bertz CT molecular complexity index is 492. The zero-order chi connectivity index (χ0) is 15.9. The largest absolute Gasteiger partial charge is 0.573 e. The Morgan fingerprint density at radius 3 is 2.57 bits per heavy atom. The van der Waals surface area contributed by atoms with Crippen LogP contribution < -0.4 is 10.1 Å². The second-order valence-corrected chi connectivity index (χ2v) is 5.46. The minimum absolute atomic E-state index is 0.238. The van der Waals surface area contributed by atoms with Crippen molar-refractivity contribution >= 4 is 5.69 Å². The van der Waals surface area contributed by atoms with Crippen molar-refractivity contribution in [2.75, 3.05) is 11.9 Å². The van der Waals surface area contributed by atoms with Crippen molar-refractivity contribution in [3.8, 4) is 11.8 Å². The number of nitrogens with one attached hydrogen (secondary N) is 1. The molecule has 1 rings (SSSR count). The quantitative estimate of drug-likeness (QED) is 0.741. The van der Waals surface area contributed by atoms with Crippen molar-refractivity contribution in [1.29, 1.82) is 5.26 Å². The molecule has 1 N–H and O–H groups in total. The van der Waals surface area contributed by atoms with Gasteiger partial charge in [-0.1, -0.05) is 12.5 Å². The van der Waals surface area contributed by atoms with Crippen LogP contribution >= 0.6 is 0 Å². The lowest BCUT2D eigenvalue weighted by molar-refractivity contribution is -0.274. The zero-order valence-corrected chi connectivity index (χ0v) is 12.1. The zero-order valence-electron chi connectivity index (χ0n) is 12.1. The Balaban J connectivity index is 2.36. The van der Waals surface area contributed by atoms with E-state index in [-0.39, 0.29) is 11.2 Å². The summed E-state index contributed by atoms with van der Waals surface area (Å²) in [5.41, 5.74) is 0.247. The summed E-state index contributed by atoms with van der Waals surface area (Å²) in [5.74, 6) is -0.238. The van der Waals surface area contributed by atoms with Crippen molar-refractivity contribution in [2.45, 2.75) is 39.5 Å². The van der Waals surface area contributed by atoms with Crippen LogP contribution in [0.5, 0.6) is 5.75 Å². The first kappa shape index (κ1) is 17.2. The van der Waals surface area contributed by atoms with Gasteiger partial charge >= 0.3 is 6.36 Å². The maximum atomic E-state index is 12.1. The molecule has 0 atom stereocenters. The van der Waals surface area contributed by atoms with Gasteiger partial charge < -0.3 is 10.1 Å². The van der Waals surface area contributed by atoms with Crippen molar-refractivity contribution in [2.24, 2.45) is 5.41 Å². The van der Waals surface area contributed by atoms with Crippen LogP contribution in [0.15, 0.2) is 24.3 Å². The van der Waals surface area contributed by atoms with Gasteiger partial charge in [-0.3, -0.25) is 0 Å². The fraction of sp³-hybridized carbons (Fsp3) is 0.533. The van der Waals surface area contributed by atoms with Crippen LogP contribution in [-0.2, 0) is 0 Å². The van der Waals surface area contributed by atoms with Gasteiger partial charge in [0, 0.05) is 18.3 Å². The molecule has 0 radical (unpaired) electrons. The third-order valence-electron chi connectivity index (χ3n) is 2.93. The Morgan fingerprint density at radius 1 is 1.24 bits per heavy atom. The smallest absolute Gasteiger partial charge is 0.406 e. The fourth-order valence-corrected chi connectivity index (χ4v) is 1.78. The summed E-state index contributed by atoms with van der Waals surface area (Å²) in [5, 5.41) is 11.9. The number of hydrogen-bond acceptors (Lipinski definition) is 3. The molecule has 0 aliphatic carbocycles. The van der Waals surface area contributed by atoms with Gasteiger partial charge in [0.1, 0.15) is 5.75 Å². The number of ether oxygens (including phenoxy) is 1. The number of alkyl halides is 3. The van der Waals surface area contributed by atoms with Gasteiger partial charge in [-0.2, -0.15) is 5.26 Å². The molecule has 0 saturated heterocycles. The van der Waals surface area contributed by atoms with Gasteiger partial charge in [-0.05, 0) is 38.8 Å². The van der Waals surface area contributed by atoms with Crippen LogP contribution in [0.2, 0.25) is 0 Å². The van der Waals surface area contributed by atoms with Crippen LogP contribution in [0.1, 0.15) is 33.1 Å². The maximum Gasteiger partial charge on any atom is 0.573 e. The number of nitriles is 1. The van der Waals surface area contributed by atoms with Crippen LogP contribution in [0.25, 0.3) is 0 Å². The summed E-state index contributed by atoms with van der Waals surface area (Å²) < 4.78 is 40.2. The van der Waals surface area contributed by atoms with Gasteiger partial charge in [-0.15, -0.1) is 13.2 Å². The van der Waals surface area contributed by atoms with Crippen molar-refractivity contribution in [3.05, 3.63) is 24.3 Å². The van der Waals surface area contributed by atoms with Gasteiger partial charge in [-0.25, -0.2) is 0 Å². The van der Waals surface area contributed by atoms with Crippen LogP contribution in [0.3, 0.4) is 0 Å². The number of unbranched alkanes of at least 4 members (excludes halogenated alkanes) is 1. The third-order valence-corrected chi connectivity index (χ3v) is 2.93. The fourth-order valence-electron chi connectivity index (χ4n) is 1.78. The molecule has 0 aliphatic heterocycles. The highest BCUT2D eigenvalue weighted by molar-refractivity contribution is 5.48. The summed E-state index contributed by atoms with van der Waals surface area (Å²) in [7, 11) is 0. The molecule has 0 aromatic heterocycles. The van der Waals surface area contributed by atoms with Crippen LogP contribution in [-0.4, -0.2) is 12.9 Å². The molecule has 116 valence electrons. The first-order valence-electron chi connectivity index (χ1n) is 6.73. The summed E-state index contributed by atoms with van der Waals surface area (Å²) in [6.45, 7) is 4.41. The van der Waals surface area contributed by atoms with E-state index in [0.29, 0.717) is 12.2 Å². The van der Waals surface area contributed by atoms with E-state index in [0.717, 1.165) is 19.3 Å². The number of anilines is 1. The predicted octanol–water partition coefficient (Wildman–Crippen LogP) is 4.72. The number of nitrogens with zero attached hydrogens (tertiary/aromatic N) is 1.